The van der Waals surface area contributed by atoms with Gasteiger partial charge in [-0.05, 0) is 67.6 Å². The van der Waals surface area contributed by atoms with Gasteiger partial charge < -0.3 is 0 Å². The SMILES string of the molecule is O=C(Cl)C12CC3CC(C(=O)Cl)(C1)CC(C(=O)CI)(C3)C2. The quantitative estimate of drug-likeness (QED) is 0.391. The number of rotatable bonds is 4. The summed E-state index contributed by atoms with van der Waals surface area (Å²) in [7, 11) is 0. The van der Waals surface area contributed by atoms with E-state index in [1.54, 1.807) is 0 Å². The second kappa shape index (κ2) is 4.66. The number of alkyl halides is 1. The lowest BCUT2D eigenvalue weighted by Crippen LogP contribution is -2.62. The Morgan fingerprint density at radius 3 is 1.70 bits per heavy atom. The molecule has 6 heteroatoms. The Morgan fingerprint density at radius 2 is 1.30 bits per heavy atom. The first kappa shape index (κ1) is 15.2. The van der Waals surface area contributed by atoms with Crippen LogP contribution in [0.5, 0.6) is 0 Å². The highest BCUT2D eigenvalue weighted by molar-refractivity contribution is 14.1. The standard InChI is InChI=1S/C14H15Cl2IO3/c15-10(19)13-2-8-1-12(5-13,9(18)4-17)6-14(3-8,7-13)11(16)20/h8H,1-7H2. The zero-order valence-electron chi connectivity index (χ0n) is 10.9. The molecule has 0 aromatic rings. The van der Waals surface area contributed by atoms with Crippen LogP contribution in [0.2, 0.25) is 0 Å². The zero-order chi connectivity index (χ0) is 14.8. The summed E-state index contributed by atoms with van der Waals surface area (Å²) in [4.78, 5) is 36.5. The van der Waals surface area contributed by atoms with Gasteiger partial charge in [0.1, 0.15) is 5.78 Å². The number of hydrogen-bond donors (Lipinski definition) is 0. The number of Topliss-reactive ketones (excluding diaryl/α,β-unsaturated/α-hetero) is 1. The minimum Gasteiger partial charge on any atom is -0.298 e. The average Bonchev–Trinajstić information content (AvgIpc) is 2.36. The molecule has 4 fully saturated rings. The highest BCUT2D eigenvalue weighted by atomic mass is 127. The maximum Gasteiger partial charge on any atom is 0.227 e. The van der Waals surface area contributed by atoms with Crippen molar-refractivity contribution in [1.29, 1.82) is 0 Å². The van der Waals surface area contributed by atoms with Crippen LogP contribution < -0.4 is 0 Å². The van der Waals surface area contributed by atoms with Crippen LogP contribution in [0.25, 0.3) is 0 Å². The summed E-state index contributed by atoms with van der Waals surface area (Å²) in [6, 6.07) is 0. The Balaban J connectivity index is 2.11. The van der Waals surface area contributed by atoms with E-state index in [0.29, 0.717) is 36.5 Å². The third-order valence-corrected chi connectivity index (χ3v) is 7.11. The fraction of sp³-hybridized carbons (Fsp3) is 0.786. The van der Waals surface area contributed by atoms with Gasteiger partial charge in [0.15, 0.2) is 0 Å². The van der Waals surface area contributed by atoms with Gasteiger partial charge in [0, 0.05) is 16.2 Å². The Labute approximate surface area is 141 Å². The predicted molar refractivity (Wildman–Crippen MR) is 84.1 cm³/mol. The third-order valence-electron chi connectivity index (χ3n) is 5.62. The highest BCUT2D eigenvalue weighted by Crippen LogP contribution is 2.71. The normalized spacial score (nSPS) is 45.5. The van der Waals surface area contributed by atoms with Crippen molar-refractivity contribution in [2.24, 2.45) is 22.2 Å². The van der Waals surface area contributed by atoms with Crippen molar-refractivity contribution in [1.82, 2.24) is 0 Å². The van der Waals surface area contributed by atoms with Gasteiger partial charge in [-0.2, -0.15) is 0 Å². The summed E-state index contributed by atoms with van der Waals surface area (Å²) in [5.74, 6) is 0.357. The van der Waals surface area contributed by atoms with Crippen molar-refractivity contribution in [2.45, 2.75) is 38.5 Å². The number of halogens is 3. The van der Waals surface area contributed by atoms with Crippen molar-refractivity contribution in [3.63, 3.8) is 0 Å². The molecule has 4 saturated carbocycles. The summed E-state index contributed by atoms with van der Waals surface area (Å²) >= 11 is 13.8. The zero-order valence-corrected chi connectivity index (χ0v) is 14.6. The van der Waals surface area contributed by atoms with Crippen LogP contribution in [0.1, 0.15) is 38.5 Å². The number of hydrogen-bond acceptors (Lipinski definition) is 3. The second-order valence-electron chi connectivity index (χ2n) is 6.95. The molecule has 0 heterocycles. The highest BCUT2D eigenvalue weighted by Gasteiger charge is 2.68. The van der Waals surface area contributed by atoms with Gasteiger partial charge in [-0.25, -0.2) is 0 Å². The lowest BCUT2D eigenvalue weighted by atomic mass is 9.39. The first-order valence-corrected chi connectivity index (χ1v) is 9.05. The molecule has 0 spiro atoms. The van der Waals surface area contributed by atoms with E-state index in [-0.39, 0.29) is 11.7 Å². The van der Waals surface area contributed by atoms with Gasteiger partial charge in [-0.3, -0.25) is 14.4 Å². The van der Waals surface area contributed by atoms with Crippen LogP contribution in [0.3, 0.4) is 0 Å². The van der Waals surface area contributed by atoms with E-state index in [9.17, 15) is 14.4 Å². The third kappa shape index (κ3) is 1.93. The van der Waals surface area contributed by atoms with Gasteiger partial charge in [-0.1, -0.05) is 22.6 Å². The van der Waals surface area contributed by atoms with Gasteiger partial charge in [0.25, 0.3) is 0 Å². The summed E-state index contributed by atoms with van der Waals surface area (Å²) in [5, 5.41) is -0.788. The number of carbonyl (C=O) groups is 3. The molecule has 0 aromatic heterocycles. The molecule has 0 radical (unpaired) electrons. The van der Waals surface area contributed by atoms with Crippen LogP contribution in [0, 0.1) is 22.2 Å². The molecule has 0 amide bonds. The summed E-state index contributed by atoms with van der Waals surface area (Å²) in [6.45, 7) is 0. The summed E-state index contributed by atoms with van der Waals surface area (Å²) < 4.78 is 0.406. The largest absolute Gasteiger partial charge is 0.298 e. The van der Waals surface area contributed by atoms with Gasteiger partial charge in [-0.15, -0.1) is 0 Å². The molecule has 20 heavy (non-hydrogen) atoms. The molecule has 0 saturated heterocycles. The maximum atomic E-state index is 12.5. The molecule has 4 rings (SSSR count). The smallest absolute Gasteiger partial charge is 0.227 e. The van der Waals surface area contributed by atoms with E-state index in [1.807, 2.05) is 0 Å². The molecule has 0 N–H and O–H groups in total. The molecular formula is C14H15Cl2IO3. The summed E-state index contributed by atoms with van der Waals surface area (Å²) in [5.41, 5.74) is -1.99. The van der Waals surface area contributed by atoms with Gasteiger partial charge in [0.05, 0.1) is 4.43 Å². The first-order valence-electron chi connectivity index (χ1n) is 6.77. The Morgan fingerprint density at radius 1 is 0.900 bits per heavy atom. The van der Waals surface area contributed by atoms with Crippen LogP contribution in [0.15, 0.2) is 0 Å². The molecule has 3 nitrogen and oxygen atoms in total. The number of carbonyl (C=O) groups excluding carboxylic acids is 3. The summed E-state index contributed by atoms with van der Waals surface area (Å²) in [6.07, 6.45) is 3.64. The predicted octanol–water partition coefficient (Wildman–Crippen LogP) is 3.48. The second-order valence-corrected chi connectivity index (χ2v) is 8.40. The molecular weight excluding hydrogens is 414 g/mol. The Bertz CT molecular complexity index is 489. The van der Waals surface area contributed by atoms with Gasteiger partial charge >= 0.3 is 0 Å². The fourth-order valence-corrected chi connectivity index (χ4v) is 6.56. The van der Waals surface area contributed by atoms with E-state index in [4.69, 9.17) is 23.2 Å². The van der Waals surface area contributed by atoms with E-state index in [1.165, 1.54) is 0 Å². The molecule has 110 valence electrons. The average molecular weight is 429 g/mol. The van der Waals surface area contributed by atoms with E-state index in [0.717, 1.165) is 6.42 Å². The molecule has 2 atom stereocenters. The Kier molecular flexibility index (Phi) is 3.54. The van der Waals surface area contributed by atoms with Crippen molar-refractivity contribution in [3.8, 4) is 0 Å². The van der Waals surface area contributed by atoms with Crippen molar-refractivity contribution in [3.05, 3.63) is 0 Å². The minimum atomic E-state index is -0.715. The monoisotopic (exact) mass is 428 g/mol. The minimum absolute atomic E-state index is 0.145. The topological polar surface area (TPSA) is 51.2 Å². The molecule has 4 bridgehead atoms. The van der Waals surface area contributed by atoms with Crippen molar-refractivity contribution < 1.29 is 14.4 Å². The van der Waals surface area contributed by atoms with E-state index in [2.05, 4.69) is 22.6 Å². The fourth-order valence-electron chi connectivity index (χ4n) is 5.33. The molecule has 2 unspecified atom stereocenters. The lowest BCUT2D eigenvalue weighted by Gasteiger charge is -2.63. The Hall–Kier alpha value is 0.320. The van der Waals surface area contributed by atoms with E-state index >= 15 is 0 Å². The van der Waals surface area contributed by atoms with Crippen LogP contribution in [-0.4, -0.2) is 20.7 Å². The number of ketones is 1. The molecule has 0 aliphatic heterocycles. The molecule has 4 aliphatic carbocycles. The maximum absolute atomic E-state index is 12.5. The van der Waals surface area contributed by atoms with Crippen LogP contribution in [0.4, 0.5) is 0 Å². The van der Waals surface area contributed by atoms with Crippen LogP contribution >= 0.6 is 45.8 Å². The van der Waals surface area contributed by atoms with Crippen molar-refractivity contribution >= 4 is 62.1 Å². The molecule has 0 aromatic carbocycles. The molecule has 4 aliphatic rings. The van der Waals surface area contributed by atoms with E-state index < -0.39 is 26.7 Å². The van der Waals surface area contributed by atoms with Crippen LogP contribution in [-0.2, 0) is 14.4 Å². The lowest BCUT2D eigenvalue weighted by molar-refractivity contribution is -0.177. The van der Waals surface area contributed by atoms with Crippen molar-refractivity contribution in [2.75, 3.05) is 4.43 Å². The van der Waals surface area contributed by atoms with Gasteiger partial charge in [0.2, 0.25) is 10.5 Å². The first-order chi connectivity index (χ1) is 9.27.